The van der Waals surface area contributed by atoms with Crippen LogP contribution >= 0.6 is 0 Å². The Labute approximate surface area is 74.3 Å². The number of nitrogens with zero attached hydrogens (tertiary/aromatic N) is 1. The van der Waals surface area contributed by atoms with Crippen LogP contribution in [0.15, 0.2) is 0 Å². The van der Waals surface area contributed by atoms with Crippen LogP contribution in [0.25, 0.3) is 0 Å². The summed E-state index contributed by atoms with van der Waals surface area (Å²) in [5.74, 6) is 0. The predicted molar refractivity (Wildman–Crippen MR) is 48.2 cm³/mol. The van der Waals surface area contributed by atoms with Crippen molar-refractivity contribution in [2.45, 2.75) is 19.3 Å². The summed E-state index contributed by atoms with van der Waals surface area (Å²) in [6.07, 6.45) is 4.05. The van der Waals surface area contributed by atoms with Gasteiger partial charge in [0.05, 0.1) is 19.8 Å². The molecule has 0 aromatic heterocycles. The third-order valence-electron chi connectivity index (χ3n) is 2.24. The van der Waals surface area contributed by atoms with Crippen LogP contribution in [0, 0.1) is 0 Å². The Morgan fingerprint density at radius 2 is 1.83 bits per heavy atom. The van der Waals surface area contributed by atoms with Crippen LogP contribution in [0.4, 0.5) is 0 Å². The minimum Gasteiger partial charge on any atom is -0.394 e. The van der Waals surface area contributed by atoms with E-state index in [-0.39, 0.29) is 6.61 Å². The van der Waals surface area contributed by atoms with Gasteiger partial charge >= 0.3 is 0 Å². The summed E-state index contributed by atoms with van der Waals surface area (Å²) in [6, 6.07) is 0. The minimum absolute atomic E-state index is 0.139. The van der Waals surface area contributed by atoms with E-state index in [1.54, 1.807) is 0 Å². The smallest absolute Gasteiger partial charge is 0.0698 e. The molecule has 0 aliphatic carbocycles. The molecule has 3 heteroatoms. The fourth-order valence-corrected chi connectivity index (χ4v) is 1.54. The van der Waals surface area contributed by atoms with E-state index in [1.165, 1.54) is 32.4 Å². The van der Waals surface area contributed by atoms with Gasteiger partial charge in [-0.05, 0) is 25.9 Å². The first-order valence-electron chi connectivity index (χ1n) is 4.84. The Balaban J connectivity index is 1.91. The van der Waals surface area contributed by atoms with Crippen molar-refractivity contribution in [1.29, 1.82) is 0 Å². The molecule has 1 rings (SSSR count). The maximum atomic E-state index is 8.46. The molecule has 1 heterocycles. The minimum atomic E-state index is 0.139. The van der Waals surface area contributed by atoms with Crippen molar-refractivity contribution in [2.24, 2.45) is 0 Å². The first-order valence-corrected chi connectivity index (χ1v) is 4.84. The summed E-state index contributed by atoms with van der Waals surface area (Å²) in [6.45, 7) is 4.86. The van der Waals surface area contributed by atoms with Gasteiger partial charge in [-0.25, -0.2) is 0 Å². The average Bonchev–Trinajstić information content (AvgIpc) is 2.14. The summed E-state index contributed by atoms with van der Waals surface area (Å²) in [5, 5.41) is 8.46. The standard InChI is InChI=1S/C9H19NO2/c11-7-9-12-8-6-10-4-2-1-3-5-10/h11H,1-9H2. The molecule has 1 fully saturated rings. The molecule has 0 atom stereocenters. The molecular formula is C9H19NO2. The Morgan fingerprint density at radius 1 is 1.08 bits per heavy atom. The average molecular weight is 173 g/mol. The molecule has 0 aromatic rings. The zero-order valence-electron chi connectivity index (χ0n) is 7.67. The monoisotopic (exact) mass is 173 g/mol. The Morgan fingerprint density at radius 3 is 2.50 bits per heavy atom. The summed E-state index contributed by atoms with van der Waals surface area (Å²) in [7, 11) is 0. The van der Waals surface area contributed by atoms with Crippen LogP contribution < -0.4 is 0 Å². The van der Waals surface area contributed by atoms with Crippen molar-refractivity contribution >= 4 is 0 Å². The lowest BCUT2D eigenvalue weighted by Crippen LogP contribution is -2.32. The third kappa shape index (κ3) is 4.04. The van der Waals surface area contributed by atoms with Gasteiger partial charge in [-0.3, -0.25) is 0 Å². The maximum absolute atomic E-state index is 8.46. The van der Waals surface area contributed by atoms with Gasteiger partial charge in [0.15, 0.2) is 0 Å². The Bertz CT molecular complexity index is 103. The molecule has 0 amide bonds. The van der Waals surface area contributed by atoms with Crippen LogP contribution in [0.3, 0.4) is 0 Å². The second kappa shape index (κ2) is 6.40. The Hall–Kier alpha value is -0.120. The highest BCUT2D eigenvalue weighted by atomic mass is 16.5. The summed E-state index contributed by atoms with van der Waals surface area (Å²) < 4.78 is 5.19. The molecule has 1 N–H and O–H groups in total. The first kappa shape index (κ1) is 9.96. The van der Waals surface area contributed by atoms with Crippen LogP contribution in [-0.2, 0) is 4.74 Å². The zero-order chi connectivity index (χ0) is 8.65. The lowest BCUT2D eigenvalue weighted by atomic mass is 10.1. The van der Waals surface area contributed by atoms with Gasteiger partial charge in [0.25, 0.3) is 0 Å². The number of aliphatic hydroxyl groups is 1. The SMILES string of the molecule is OCCOCCN1CCCCC1. The third-order valence-corrected chi connectivity index (χ3v) is 2.24. The van der Waals surface area contributed by atoms with E-state index in [0.717, 1.165) is 13.2 Å². The summed E-state index contributed by atoms with van der Waals surface area (Å²) in [5.41, 5.74) is 0. The van der Waals surface area contributed by atoms with Crippen molar-refractivity contribution in [3.63, 3.8) is 0 Å². The topological polar surface area (TPSA) is 32.7 Å². The largest absolute Gasteiger partial charge is 0.394 e. The van der Waals surface area contributed by atoms with Gasteiger partial charge < -0.3 is 14.7 Å². The fraction of sp³-hybridized carbons (Fsp3) is 1.00. The van der Waals surface area contributed by atoms with Gasteiger partial charge in [0, 0.05) is 6.54 Å². The molecule has 0 aromatic carbocycles. The van der Waals surface area contributed by atoms with Crippen LogP contribution in [0.1, 0.15) is 19.3 Å². The van der Waals surface area contributed by atoms with Crippen LogP contribution in [0.5, 0.6) is 0 Å². The molecule has 12 heavy (non-hydrogen) atoms. The molecule has 1 saturated heterocycles. The van der Waals surface area contributed by atoms with Gasteiger partial charge in [-0.15, -0.1) is 0 Å². The number of piperidine rings is 1. The number of hydrogen-bond acceptors (Lipinski definition) is 3. The Kier molecular flexibility index (Phi) is 5.32. The molecule has 3 nitrogen and oxygen atoms in total. The first-order chi connectivity index (χ1) is 5.93. The highest BCUT2D eigenvalue weighted by Crippen LogP contribution is 2.07. The number of rotatable bonds is 5. The molecule has 72 valence electrons. The summed E-state index contributed by atoms with van der Waals surface area (Å²) >= 11 is 0. The normalized spacial score (nSPS) is 19.8. The van der Waals surface area contributed by atoms with Crippen LogP contribution in [0.2, 0.25) is 0 Å². The zero-order valence-corrected chi connectivity index (χ0v) is 7.67. The van der Waals surface area contributed by atoms with E-state index in [2.05, 4.69) is 4.90 Å². The number of ether oxygens (including phenoxy) is 1. The highest BCUT2D eigenvalue weighted by molar-refractivity contribution is 4.63. The van der Waals surface area contributed by atoms with E-state index in [1.807, 2.05) is 0 Å². The fourth-order valence-electron chi connectivity index (χ4n) is 1.54. The van der Waals surface area contributed by atoms with Gasteiger partial charge in [-0.2, -0.15) is 0 Å². The van der Waals surface area contributed by atoms with Crippen molar-refractivity contribution in [2.75, 3.05) is 39.5 Å². The van der Waals surface area contributed by atoms with E-state index < -0.39 is 0 Å². The second-order valence-corrected chi connectivity index (χ2v) is 3.24. The van der Waals surface area contributed by atoms with Crippen molar-refractivity contribution in [1.82, 2.24) is 4.90 Å². The van der Waals surface area contributed by atoms with Gasteiger partial charge in [-0.1, -0.05) is 6.42 Å². The quantitative estimate of drug-likeness (QED) is 0.614. The molecule has 0 unspecified atom stereocenters. The van der Waals surface area contributed by atoms with E-state index in [4.69, 9.17) is 9.84 Å². The highest BCUT2D eigenvalue weighted by Gasteiger charge is 2.08. The second-order valence-electron chi connectivity index (χ2n) is 3.24. The molecule has 1 aliphatic heterocycles. The van der Waals surface area contributed by atoms with E-state index in [9.17, 15) is 0 Å². The van der Waals surface area contributed by atoms with Crippen molar-refractivity contribution < 1.29 is 9.84 Å². The van der Waals surface area contributed by atoms with E-state index in [0.29, 0.717) is 6.61 Å². The van der Waals surface area contributed by atoms with E-state index >= 15 is 0 Å². The number of hydrogen-bond donors (Lipinski definition) is 1. The lowest BCUT2D eigenvalue weighted by Gasteiger charge is -2.25. The van der Waals surface area contributed by atoms with Crippen molar-refractivity contribution in [3.05, 3.63) is 0 Å². The summed E-state index contributed by atoms with van der Waals surface area (Å²) in [4.78, 5) is 2.43. The molecule has 1 aliphatic rings. The molecule has 0 saturated carbocycles. The predicted octanol–water partition coefficient (Wildman–Crippen LogP) is 0.481. The molecule has 0 bridgehead atoms. The van der Waals surface area contributed by atoms with Gasteiger partial charge in [0.2, 0.25) is 0 Å². The number of likely N-dealkylation sites (tertiary alicyclic amines) is 1. The lowest BCUT2D eigenvalue weighted by molar-refractivity contribution is 0.0695. The van der Waals surface area contributed by atoms with Gasteiger partial charge in [0.1, 0.15) is 0 Å². The van der Waals surface area contributed by atoms with Crippen molar-refractivity contribution in [3.8, 4) is 0 Å². The molecule has 0 spiro atoms. The maximum Gasteiger partial charge on any atom is 0.0698 e. The van der Waals surface area contributed by atoms with Crippen LogP contribution in [-0.4, -0.2) is 49.5 Å². The molecule has 0 radical (unpaired) electrons. The number of aliphatic hydroxyl groups excluding tert-OH is 1. The molecular weight excluding hydrogens is 154 g/mol.